The van der Waals surface area contributed by atoms with Crippen molar-refractivity contribution in [2.45, 2.75) is 57.1 Å². The average molecular weight is 291 g/mol. The van der Waals surface area contributed by atoms with Crippen molar-refractivity contribution in [3.05, 3.63) is 0 Å². The Morgan fingerprint density at radius 2 is 2.00 bits per heavy atom. The minimum Gasteiger partial charge on any atom is -0.378 e. The third kappa shape index (κ3) is 5.28. The Morgan fingerprint density at radius 3 is 2.63 bits per heavy atom. The third-order valence-corrected chi connectivity index (χ3v) is 4.20. The molecular weight excluding hydrogens is 264 g/mol. The number of halogens is 1. The van der Waals surface area contributed by atoms with Crippen molar-refractivity contribution in [3.63, 3.8) is 0 Å². The molecule has 0 saturated carbocycles. The molecule has 0 aliphatic carbocycles. The number of hydrogen-bond acceptors (Lipinski definition) is 3. The highest BCUT2D eigenvalue weighted by Crippen LogP contribution is 2.18. The summed E-state index contributed by atoms with van der Waals surface area (Å²) in [4.78, 5) is 14.1. The number of carbonyl (C=O) groups excluding carboxylic acids is 1. The number of carbonyl (C=O) groups is 1. The number of hydrogen-bond donors (Lipinski definition) is 1. The maximum Gasteiger partial charge on any atom is 0.222 e. The minimum absolute atomic E-state index is 0. The van der Waals surface area contributed by atoms with Crippen LogP contribution in [0.1, 0.15) is 44.9 Å². The topological polar surface area (TPSA) is 41.6 Å². The lowest BCUT2D eigenvalue weighted by Gasteiger charge is -2.32. The van der Waals surface area contributed by atoms with Crippen LogP contribution in [0.5, 0.6) is 0 Å². The summed E-state index contributed by atoms with van der Waals surface area (Å²) in [5.74, 6) is 0.288. The Hall–Kier alpha value is -0.320. The molecule has 2 rings (SSSR count). The Morgan fingerprint density at radius 1 is 1.26 bits per heavy atom. The van der Waals surface area contributed by atoms with E-state index in [4.69, 9.17) is 4.74 Å². The lowest BCUT2D eigenvalue weighted by atomic mass is 10.0. The molecule has 0 spiro atoms. The fourth-order valence-corrected chi connectivity index (χ4v) is 2.89. The normalized spacial score (nSPS) is 24.6. The summed E-state index contributed by atoms with van der Waals surface area (Å²) in [6, 6.07) is 0.436. The van der Waals surface area contributed by atoms with Gasteiger partial charge in [0.25, 0.3) is 0 Å². The molecule has 2 aliphatic heterocycles. The Kier molecular flexibility index (Phi) is 7.73. The zero-order valence-electron chi connectivity index (χ0n) is 11.9. The van der Waals surface area contributed by atoms with Gasteiger partial charge in [0.1, 0.15) is 0 Å². The number of nitrogens with one attached hydrogen (secondary N) is 1. The van der Waals surface area contributed by atoms with Crippen molar-refractivity contribution in [2.24, 2.45) is 0 Å². The zero-order valence-corrected chi connectivity index (χ0v) is 12.7. The molecule has 19 heavy (non-hydrogen) atoms. The monoisotopic (exact) mass is 290 g/mol. The van der Waals surface area contributed by atoms with Crippen molar-refractivity contribution in [3.8, 4) is 0 Å². The molecule has 5 heteroatoms. The van der Waals surface area contributed by atoms with Gasteiger partial charge in [0, 0.05) is 26.1 Å². The SMILES string of the molecule is CN(C(=O)CCC1CCCCO1)C1CCNCC1.Cl. The van der Waals surface area contributed by atoms with Crippen molar-refractivity contribution in [1.82, 2.24) is 10.2 Å². The van der Waals surface area contributed by atoms with Gasteiger partial charge in [0.2, 0.25) is 5.91 Å². The standard InChI is InChI=1S/C14H26N2O2.ClH/c1-16(12-7-9-15-10-8-12)14(17)6-5-13-4-2-3-11-18-13;/h12-13,15H,2-11H2,1H3;1H. The molecule has 0 aromatic carbocycles. The minimum atomic E-state index is 0. The largest absolute Gasteiger partial charge is 0.378 e. The molecule has 2 heterocycles. The van der Waals surface area contributed by atoms with Crippen LogP contribution in [0.25, 0.3) is 0 Å². The van der Waals surface area contributed by atoms with Gasteiger partial charge >= 0.3 is 0 Å². The smallest absolute Gasteiger partial charge is 0.222 e. The van der Waals surface area contributed by atoms with Crippen LogP contribution >= 0.6 is 12.4 Å². The molecule has 112 valence electrons. The summed E-state index contributed by atoms with van der Waals surface area (Å²) < 4.78 is 5.67. The summed E-state index contributed by atoms with van der Waals surface area (Å²) >= 11 is 0. The predicted molar refractivity (Wildman–Crippen MR) is 78.7 cm³/mol. The molecule has 1 N–H and O–H groups in total. The fraction of sp³-hybridized carbons (Fsp3) is 0.929. The predicted octanol–water partition coefficient (Wildman–Crippen LogP) is 1.97. The second-order valence-electron chi connectivity index (χ2n) is 5.51. The first-order chi connectivity index (χ1) is 8.77. The van der Waals surface area contributed by atoms with E-state index in [0.29, 0.717) is 18.6 Å². The van der Waals surface area contributed by atoms with Crippen LogP contribution in [0, 0.1) is 0 Å². The van der Waals surface area contributed by atoms with Gasteiger partial charge < -0.3 is 15.0 Å². The van der Waals surface area contributed by atoms with Crippen LogP contribution in [-0.4, -0.2) is 49.7 Å². The lowest BCUT2D eigenvalue weighted by Crippen LogP contribution is -2.44. The van der Waals surface area contributed by atoms with Crippen molar-refractivity contribution in [1.29, 1.82) is 0 Å². The van der Waals surface area contributed by atoms with E-state index < -0.39 is 0 Å². The number of rotatable bonds is 4. The fourth-order valence-electron chi connectivity index (χ4n) is 2.89. The van der Waals surface area contributed by atoms with Gasteiger partial charge in [-0.2, -0.15) is 0 Å². The van der Waals surface area contributed by atoms with Gasteiger partial charge in [0.15, 0.2) is 0 Å². The van der Waals surface area contributed by atoms with Gasteiger partial charge in [-0.25, -0.2) is 0 Å². The van der Waals surface area contributed by atoms with Crippen molar-refractivity contribution in [2.75, 3.05) is 26.7 Å². The Balaban J connectivity index is 0.00000180. The first-order valence-electron chi connectivity index (χ1n) is 7.35. The van der Waals surface area contributed by atoms with E-state index in [1.165, 1.54) is 12.8 Å². The number of piperidine rings is 1. The van der Waals surface area contributed by atoms with Crippen LogP contribution in [0.4, 0.5) is 0 Å². The van der Waals surface area contributed by atoms with Crippen LogP contribution in [-0.2, 0) is 9.53 Å². The van der Waals surface area contributed by atoms with Gasteiger partial charge in [-0.15, -0.1) is 12.4 Å². The second kappa shape index (κ2) is 8.77. The average Bonchev–Trinajstić information content (AvgIpc) is 2.46. The Bertz CT molecular complexity index is 264. The van der Waals surface area contributed by atoms with Crippen molar-refractivity contribution < 1.29 is 9.53 Å². The summed E-state index contributed by atoms with van der Waals surface area (Å²) in [5.41, 5.74) is 0. The highest BCUT2D eigenvalue weighted by molar-refractivity contribution is 5.85. The van der Waals surface area contributed by atoms with Gasteiger partial charge in [-0.05, 0) is 51.6 Å². The van der Waals surface area contributed by atoms with Gasteiger partial charge in [0.05, 0.1) is 6.10 Å². The Labute approximate surface area is 122 Å². The number of amides is 1. The maximum absolute atomic E-state index is 12.1. The molecule has 1 unspecified atom stereocenters. The highest BCUT2D eigenvalue weighted by atomic mass is 35.5. The van der Waals surface area contributed by atoms with E-state index in [9.17, 15) is 4.79 Å². The van der Waals surface area contributed by atoms with E-state index >= 15 is 0 Å². The first-order valence-corrected chi connectivity index (χ1v) is 7.35. The summed E-state index contributed by atoms with van der Waals surface area (Å²) in [7, 11) is 1.96. The molecule has 0 bridgehead atoms. The van der Waals surface area contributed by atoms with Crippen molar-refractivity contribution >= 4 is 18.3 Å². The molecule has 1 atom stereocenters. The molecular formula is C14H27ClN2O2. The molecule has 0 aromatic rings. The van der Waals surface area contributed by atoms with Crippen LogP contribution < -0.4 is 5.32 Å². The van der Waals surface area contributed by atoms with Crippen LogP contribution in [0.2, 0.25) is 0 Å². The van der Waals surface area contributed by atoms with E-state index in [-0.39, 0.29) is 18.3 Å². The molecule has 4 nitrogen and oxygen atoms in total. The quantitative estimate of drug-likeness (QED) is 0.861. The number of nitrogens with zero attached hydrogens (tertiary/aromatic N) is 1. The second-order valence-corrected chi connectivity index (χ2v) is 5.51. The molecule has 1 amide bonds. The van der Waals surface area contributed by atoms with E-state index in [1.807, 2.05) is 11.9 Å². The highest BCUT2D eigenvalue weighted by Gasteiger charge is 2.23. The van der Waals surface area contributed by atoms with Crippen LogP contribution in [0.15, 0.2) is 0 Å². The molecule has 0 radical (unpaired) electrons. The molecule has 2 fully saturated rings. The third-order valence-electron chi connectivity index (χ3n) is 4.20. The molecule has 2 aliphatic rings. The van der Waals surface area contributed by atoms with E-state index in [1.54, 1.807) is 0 Å². The lowest BCUT2D eigenvalue weighted by molar-refractivity contribution is -0.133. The van der Waals surface area contributed by atoms with E-state index in [0.717, 1.165) is 45.4 Å². The first kappa shape index (κ1) is 16.7. The summed E-state index contributed by atoms with van der Waals surface area (Å²) in [5, 5.41) is 3.33. The molecule has 0 aromatic heterocycles. The maximum atomic E-state index is 12.1. The zero-order chi connectivity index (χ0) is 12.8. The van der Waals surface area contributed by atoms with Gasteiger partial charge in [-0.1, -0.05) is 0 Å². The number of ether oxygens (including phenoxy) is 1. The van der Waals surface area contributed by atoms with Gasteiger partial charge in [-0.3, -0.25) is 4.79 Å². The summed E-state index contributed by atoms with van der Waals surface area (Å²) in [6.07, 6.45) is 7.60. The van der Waals surface area contributed by atoms with Crippen LogP contribution in [0.3, 0.4) is 0 Å². The summed E-state index contributed by atoms with van der Waals surface area (Å²) in [6.45, 7) is 2.95. The van der Waals surface area contributed by atoms with E-state index in [2.05, 4.69) is 5.32 Å². The molecule has 2 saturated heterocycles.